The number of carbonyl (C=O) groups is 1. The van der Waals surface area contributed by atoms with Crippen LogP contribution in [0.25, 0.3) is 0 Å². The summed E-state index contributed by atoms with van der Waals surface area (Å²) in [5.41, 5.74) is 1.38. The molecule has 0 aliphatic carbocycles. The first-order valence-corrected chi connectivity index (χ1v) is 4.84. The number of allylic oxidation sites excluding steroid dienone is 2. The van der Waals surface area contributed by atoms with Gasteiger partial charge < -0.3 is 0 Å². The van der Waals surface area contributed by atoms with E-state index in [1.165, 1.54) is 0 Å². The molecular weight excluding hydrogens is 176 g/mol. The zero-order valence-corrected chi connectivity index (χ0v) is 8.95. The summed E-state index contributed by atoms with van der Waals surface area (Å²) in [7, 11) is 0. The first-order valence-electron chi connectivity index (χ1n) is 4.84. The molecule has 3 heteroatoms. The third-order valence-corrected chi connectivity index (χ3v) is 2.13. The van der Waals surface area contributed by atoms with Gasteiger partial charge >= 0.3 is 0 Å². The molecule has 14 heavy (non-hydrogen) atoms. The van der Waals surface area contributed by atoms with Crippen molar-refractivity contribution in [3.63, 3.8) is 0 Å². The fourth-order valence-electron chi connectivity index (χ4n) is 1.36. The van der Waals surface area contributed by atoms with Crippen LogP contribution >= 0.6 is 0 Å². The number of nitrogens with zero attached hydrogens (tertiary/aromatic N) is 2. The predicted octanol–water partition coefficient (Wildman–Crippen LogP) is 2.12. The zero-order chi connectivity index (χ0) is 10.7. The number of ketones is 1. The van der Waals surface area contributed by atoms with Gasteiger partial charge in [-0.05, 0) is 19.9 Å². The van der Waals surface area contributed by atoms with E-state index in [4.69, 9.17) is 0 Å². The molecule has 3 nitrogen and oxygen atoms in total. The lowest BCUT2D eigenvalue weighted by Gasteiger charge is -2.28. The molecule has 0 aromatic heterocycles. The minimum absolute atomic E-state index is 0.117. The van der Waals surface area contributed by atoms with Crippen molar-refractivity contribution in [1.29, 1.82) is 0 Å². The summed E-state index contributed by atoms with van der Waals surface area (Å²) in [5, 5.41) is 5.92. The van der Waals surface area contributed by atoms with Crippen LogP contribution in [0.1, 0.15) is 27.2 Å². The van der Waals surface area contributed by atoms with E-state index >= 15 is 0 Å². The molecule has 0 amide bonds. The van der Waals surface area contributed by atoms with E-state index in [0.29, 0.717) is 17.7 Å². The summed E-state index contributed by atoms with van der Waals surface area (Å²) in [5.74, 6) is 0.117. The molecule has 1 aliphatic heterocycles. The molecule has 0 aromatic carbocycles. The molecule has 0 saturated heterocycles. The first kappa shape index (κ1) is 10.7. The third kappa shape index (κ3) is 1.92. The van der Waals surface area contributed by atoms with Gasteiger partial charge in [-0.15, -0.1) is 0 Å². The highest BCUT2D eigenvalue weighted by atomic mass is 16.1. The number of Topliss-reactive ketones (excluding diaryl/α,β-unsaturated/α-hetero) is 1. The minimum Gasteiger partial charge on any atom is -0.294 e. The fraction of sp³-hybridized carbons (Fsp3) is 0.455. The summed E-state index contributed by atoms with van der Waals surface area (Å²) in [6.45, 7) is 9.77. The Morgan fingerprint density at radius 1 is 1.64 bits per heavy atom. The Balaban J connectivity index is 2.91. The smallest absolute Gasteiger partial charge is 0.164 e. The maximum Gasteiger partial charge on any atom is 0.164 e. The van der Waals surface area contributed by atoms with Gasteiger partial charge in [-0.25, -0.2) is 0 Å². The molecule has 0 aromatic rings. The van der Waals surface area contributed by atoms with E-state index in [1.54, 1.807) is 17.3 Å². The summed E-state index contributed by atoms with van der Waals surface area (Å²) in [4.78, 5) is 11.5. The van der Waals surface area contributed by atoms with Crippen molar-refractivity contribution in [2.75, 3.05) is 0 Å². The molecule has 0 spiro atoms. The highest BCUT2D eigenvalue weighted by Gasteiger charge is 2.20. The molecule has 1 aliphatic rings. The predicted molar refractivity (Wildman–Crippen MR) is 58.0 cm³/mol. The lowest BCUT2D eigenvalue weighted by molar-refractivity contribution is -0.115. The first-order chi connectivity index (χ1) is 6.57. The van der Waals surface area contributed by atoms with Crippen LogP contribution < -0.4 is 0 Å². The van der Waals surface area contributed by atoms with E-state index in [9.17, 15) is 4.79 Å². The lowest BCUT2D eigenvalue weighted by Crippen LogP contribution is -2.29. The van der Waals surface area contributed by atoms with Crippen LogP contribution in [0.4, 0.5) is 0 Å². The van der Waals surface area contributed by atoms with Gasteiger partial charge in [0.15, 0.2) is 5.78 Å². The van der Waals surface area contributed by atoms with E-state index in [-0.39, 0.29) is 11.8 Å². The van der Waals surface area contributed by atoms with Crippen LogP contribution in [0, 0.1) is 0 Å². The zero-order valence-electron chi connectivity index (χ0n) is 8.95. The SMILES string of the molecule is C=C1C(C(=O)CC)=CC=NN1C(C)C. The van der Waals surface area contributed by atoms with Crippen LogP contribution in [0.2, 0.25) is 0 Å². The Morgan fingerprint density at radius 3 is 2.79 bits per heavy atom. The molecule has 0 N–H and O–H groups in total. The minimum atomic E-state index is 0.117. The third-order valence-electron chi connectivity index (χ3n) is 2.13. The van der Waals surface area contributed by atoms with E-state index in [2.05, 4.69) is 11.7 Å². The molecule has 0 radical (unpaired) electrons. The highest BCUT2D eigenvalue weighted by molar-refractivity contribution is 6.02. The van der Waals surface area contributed by atoms with Crippen molar-refractivity contribution in [2.45, 2.75) is 33.2 Å². The van der Waals surface area contributed by atoms with Gasteiger partial charge in [-0.1, -0.05) is 13.5 Å². The number of carbonyl (C=O) groups excluding carboxylic acids is 1. The Hall–Kier alpha value is -1.38. The molecular formula is C11H16N2O. The Kier molecular flexibility index (Phi) is 3.23. The molecule has 0 fully saturated rings. The molecule has 76 valence electrons. The summed E-state index contributed by atoms with van der Waals surface area (Å²) < 4.78 is 0. The normalized spacial score (nSPS) is 16.1. The van der Waals surface area contributed by atoms with Gasteiger partial charge in [-0.2, -0.15) is 5.10 Å². The van der Waals surface area contributed by atoms with Gasteiger partial charge in [-0.3, -0.25) is 9.80 Å². The Bertz CT molecular complexity index is 313. The summed E-state index contributed by atoms with van der Waals surface area (Å²) >= 11 is 0. The van der Waals surface area contributed by atoms with Crippen molar-refractivity contribution in [1.82, 2.24) is 5.01 Å². The van der Waals surface area contributed by atoms with E-state index < -0.39 is 0 Å². The van der Waals surface area contributed by atoms with Crippen molar-refractivity contribution in [3.8, 4) is 0 Å². The molecule has 1 rings (SSSR count). The molecule has 0 saturated carbocycles. The van der Waals surface area contributed by atoms with Gasteiger partial charge in [0, 0.05) is 24.3 Å². The quantitative estimate of drug-likeness (QED) is 0.686. The Morgan fingerprint density at radius 2 is 2.29 bits per heavy atom. The van der Waals surface area contributed by atoms with E-state index in [0.717, 1.165) is 0 Å². The summed E-state index contributed by atoms with van der Waals surface area (Å²) in [6, 6.07) is 0.229. The van der Waals surface area contributed by atoms with Crippen molar-refractivity contribution < 1.29 is 4.79 Å². The van der Waals surface area contributed by atoms with Gasteiger partial charge in [0.1, 0.15) is 0 Å². The molecule has 0 atom stereocenters. The molecule has 0 unspecified atom stereocenters. The van der Waals surface area contributed by atoms with Crippen molar-refractivity contribution in [3.05, 3.63) is 23.9 Å². The second-order valence-electron chi connectivity index (χ2n) is 3.51. The lowest BCUT2D eigenvalue weighted by atomic mass is 10.0. The average Bonchev–Trinajstić information content (AvgIpc) is 2.16. The number of hydrogen-bond donors (Lipinski definition) is 0. The van der Waals surface area contributed by atoms with Crippen LogP contribution in [-0.4, -0.2) is 23.0 Å². The largest absolute Gasteiger partial charge is 0.294 e. The second-order valence-corrected chi connectivity index (χ2v) is 3.51. The number of rotatable bonds is 3. The van der Waals surface area contributed by atoms with Crippen molar-refractivity contribution in [2.24, 2.45) is 5.10 Å². The topological polar surface area (TPSA) is 32.7 Å². The second kappa shape index (κ2) is 4.22. The Labute approximate surface area is 84.8 Å². The average molecular weight is 192 g/mol. The molecule has 0 bridgehead atoms. The van der Waals surface area contributed by atoms with Crippen LogP contribution in [0.5, 0.6) is 0 Å². The number of hydrogen-bond acceptors (Lipinski definition) is 3. The van der Waals surface area contributed by atoms with Crippen molar-refractivity contribution >= 4 is 12.0 Å². The highest BCUT2D eigenvalue weighted by Crippen LogP contribution is 2.21. The van der Waals surface area contributed by atoms with Crippen LogP contribution in [0.3, 0.4) is 0 Å². The monoisotopic (exact) mass is 192 g/mol. The maximum absolute atomic E-state index is 11.5. The standard InChI is InChI=1S/C11H16N2O/c1-5-11(14)10-6-7-12-13(8(2)3)9(10)4/h6-8H,4-5H2,1-3H3. The van der Waals surface area contributed by atoms with Crippen LogP contribution in [-0.2, 0) is 4.79 Å². The number of hydrazone groups is 1. The van der Waals surface area contributed by atoms with Gasteiger partial charge in [0.05, 0.1) is 5.70 Å². The van der Waals surface area contributed by atoms with Crippen LogP contribution in [0.15, 0.2) is 29.0 Å². The van der Waals surface area contributed by atoms with E-state index in [1.807, 2.05) is 20.8 Å². The van der Waals surface area contributed by atoms with Gasteiger partial charge in [0.2, 0.25) is 0 Å². The fourth-order valence-corrected chi connectivity index (χ4v) is 1.36. The maximum atomic E-state index is 11.5. The summed E-state index contributed by atoms with van der Waals surface area (Å²) in [6.07, 6.45) is 3.88. The van der Waals surface area contributed by atoms with Gasteiger partial charge in [0.25, 0.3) is 0 Å². The molecule has 1 heterocycles.